The molecule has 1 unspecified atom stereocenters. The number of piperidine rings is 2. The molecule has 5 aromatic rings. The van der Waals surface area contributed by atoms with Crippen LogP contribution in [-0.4, -0.2) is 78.8 Å². The first-order valence-corrected chi connectivity index (χ1v) is 17.6. The summed E-state index contributed by atoms with van der Waals surface area (Å²) in [6.45, 7) is 2.42. The molecule has 2 aliphatic heterocycles. The molecule has 3 fully saturated rings. The first kappa shape index (κ1) is 33.7. The van der Waals surface area contributed by atoms with Gasteiger partial charge in [0, 0.05) is 63.7 Å². The van der Waals surface area contributed by atoms with Gasteiger partial charge in [0.15, 0.2) is 5.69 Å². The summed E-state index contributed by atoms with van der Waals surface area (Å²) >= 11 is 0. The highest BCUT2D eigenvalue weighted by molar-refractivity contribution is 6.08. The van der Waals surface area contributed by atoms with Crippen molar-refractivity contribution >= 4 is 46.0 Å². The van der Waals surface area contributed by atoms with E-state index in [1.165, 1.54) is 4.57 Å². The van der Waals surface area contributed by atoms with Crippen molar-refractivity contribution in [3.05, 3.63) is 76.6 Å². The number of anilines is 2. The summed E-state index contributed by atoms with van der Waals surface area (Å²) in [5, 5.41) is 4.85. The fraction of sp³-hybridized carbons (Fsp3) is 0.444. The Balaban J connectivity index is 0.878. The van der Waals surface area contributed by atoms with E-state index < -0.39 is 30.0 Å². The van der Waals surface area contributed by atoms with Crippen LogP contribution in [0, 0.1) is 5.92 Å². The number of imidazole rings is 1. The molecule has 0 radical (unpaired) electrons. The molecule has 14 nitrogen and oxygen atoms in total. The van der Waals surface area contributed by atoms with Crippen LogP contribution in [0.3, 0.4) is 0 Å². The number of benzene rings is 1. The van der Waals surface area contributed by atoms with Crippen molar-refractivity contribution in [1.82, 2.24) is 33.7 Å². The van der Waals surface area contributed by atoms with E-state index >= 15 is 0 Å². The van der Waals surface area contributed by atoms with Crippen molar-refractivity contribution in [3.8, 4) is 0 Å². The van der Waals surface area contributed by atoms with Crippen LogP contribution in [-0.2, 0) is 16.6 Å². The quantitative estimate of drug-likeness (QED) is 0.214. The first-order chi connectivity index (χ1) is 25.1. The van der Waals surface area contributed by atoms with Crippen molar-refractivity contribution in [2.24, 2.45) is 13.0 Å². The Morgan fingerprint density at radius 3 is 2.63 bits per heavy atom. The second-order valence-corrected chi connectivity index (χ2v) is 14.1. The van der Waals surface area contributed by atoms with E-state index in [0.29, 0.717) is 23.1 Å². The molecule has 0 spiro atoms. The lowest BCUT2D eigenvalue weighted by atomic mass is 9.74. The molecule has 16 heteroatoms. The van der Waals surface area contributed by atoms with Gasteiger partial charge in [0.1, 0.15) is 11.7 Å². The standard InChI is InChI=1S/C36H39F2N9O5/c1-43(19-20-17-21(18-20)34-41-28(30(37)38)35(52-34)42-32(49)23-11-16-46-13-4-12-39-31(23)46)22-9-14-45(15-10-22)24-5-3-6-25-29(24)44(2)36(51)47(25)26-7-8-27(48)40-33(26)50/h3-6,11-13,16,20-22,26,30H,7-10,14-15,17-19H2,1-2H3,(H,42,49)(H,40,48,50)/t20-,21-,26?. The Hall–Kier alpha value is -5.38. The third-order valence-electron chi connectivity index (χ3n) is 10.9. The van der Waals surface area contributed by atoms with E-state index in [2.05, 4.69) is 37.4 Å². The molecule has 3 aliphatic rings. The van der Waals surface area contributed by atoms with Crippen LogP contribution >= 0.6 is 0 Å². The number of para-hydroxylation sites is 1. The molecule has 6 heterocycles. The first-order valence-electron chi connectivity index (χ1n) is 17.6. The maximum atomic E-state index is 13.9. The number of nitrogens with one attached hydrogen (secondary N) is 2. The molecule has 1 atom stereocenters. The van der Waals surface area contributed by atoms with Gasteiger partial charge in [-0.05, 0) is 69.3 Å². The summed E-state index contributed by atoms with van der Waals surface area (Å²) in [4.78, 5) is 63.7. The number of nitrogens with zero attached hydrogens (tertiary/aromatic N) is 7. The number of alkyl halides is 2. The summed E-state index contributed by atoms with van der Waals surface area (Å²) in [7, 11) is 3.84. The smallest absolute Gasteiger partial charge is 0.329 e. The molecule has 4 aromatic heterocycles. The van der Waals surface area contributed by atoms with E-state index in [1.807, 2.05) is 18.2 Å². The van der Waals surface area contributed by atoms with Crippen LogP contribution in [0.15, 0.2) is 58.1 Å². The number of hydrogen-bond donors (Lipinski definition) is 2. The van der Waals surface area contributed by atoms with Crippen LogP contribution in [0.4, 0.5) is 20.4 Å². The molecule has 272 valence electrons. The number of fused-ring (bicyclic) bond motifs is 2. The maximum Gasteiger partial charge on any atom is 0.329 e. The molecule has 1 aliphatic carbocycles. The molecular formula is C36H39F2N9O5. The zero-order valence-corrected chi connectivity index (χ0v) is 28.8. The molecule has 0 bridgehead atoms. The number of aryl methyl sites for hydroxylation is 1. The number of halogens is 2. The molecule has 52 heavy (non-hydrogen) atoms. The predicted molar refractivity (Wildman–Crippen MR) is 187 cm³/mol. The average molecular weight is 716 g/mol. The van der Waals surface area contributed by atoms with Gasteiger partial charge in [0.2, 0.25) is 23.6 Å². The number of carbonyl (C=O) groups excluding carboxylic acids is 3. The fourth-order valence-corrected chi connectivity index (χ4v) is 8.14. The zero-order valence-electron chi connectivity index (χ0n) is 28.8. The van der Waals surface area contributed by atoms with Gasteiger partial charge in [0.25, 0.3) is 12.3 Å². The Morgan fingerprint density at radius 2 is 1.88 bits per heavy atom. The highest BCUT2D eigenvalue weighted by atomic mass is 19.3. The summed E-state index contributed by atoms with van der Waals surface area (Å²) in [5.74, 6) is -1.26. The molecular weight excluding hydrogens is 676 g/mol. The van der Waals surface area contributed by atoms with Crippen LogP contribution in [0.1, 0.15) is 78.9 Å². The second kappa shape index (κ2) is 13.3. The number of rotatable bonds is 9. The number of hydrogen-bond acceptors (Lipinski definition) is 9. The van der Waals surface area contributed by atoms with Crippen molar-refractivity contribution in [2.75, 3.05) is 36.9 Å². The Morgan fingerprint density at radius 1 is 1.10 bits per heavy atom. The molecule has 1 saturated carbocycles. The number of amides is 3. The highest BCUT2D eigenvalue weighted by Gasteiger charge is 2.38. The van der Waals surface area contributed by atoms with Crippen LogP contribution < -0.4 is 21.2 Å². The Bertz CT molecular complexity index is 2240. The lowest BCUT2D eigenvalue weighted by Gasteiger charge is -2.42. The largest absolute Gasteiger partial charge is 0.424 e. The summed E-state index contributed by atoms with van der Waals surface area (Å²) in [6, 6.07) is 8.67. The summed E-state index contributed by atoms with van der Waals surface area (Å²) in [5.41, 5.74) is 2.16. The Kier molecular flexibility index (Phi) is 8.64. The number of oxazole rings is 1. The van der Waals surface area contributed by atoms with Gasteiger partial charge in [-0.1, -0.05) is 6.07 Å². The number of aromatic nitrogens is 5. The van der Waals surface area contributed by atoms with Crippen LogP contribution in [0.25, 0.3) is 16.7 Å². The van der Waals surface area contributed by atoms with E-state index in [9.17, 15) is 28.0 Å². The van der Waals surface area contributed by atoms with Crippen molar-refractivity contribution in [3.63, 3.8) is 0 Å². The van der Waals surface area contributed by atoms with Gasteiger partial charge < -0.3 is 18.6 Å². The van der Waals surface area contributed by atoms with E-state index in [4.69, 9.17) is 4.42 Å². The molecule has 3 amide bonds. The monoisotopic (exact) mass is 715 g/mol. The lowest BCUT2D eigenvalue weighted by molar-refractivity contribution is -0.135. The molecule has 2 N–H and O–H groups in total. The van der Waals surface area contributed by atoms with Gasteiger partial charge in [-0.2, -0.15) is 0 Å². The molecule has 8 rings (SSSR count). The van der Waals surface area contributed by atoms with Crippen LogP contribution in [0.5, 0.6) is 0 Å². The average Bonchev–Trinajstić information content (AvgIpc) is 3.81. The number of carbonyl (C=O) groups is 3. The predicted octanol–water partition coefficient (Wildman–Crippen LogP) is 4.24. The zero-order chi connectivity index (χ0) is 36.3. The normalized spacial score (nSPS) is 21.3. The minimum Gasteiger partial charge on any atom is -0.424 e. The van der Waals surface area contributed by atoms with Crippen molar-refractivity contribution in [1.29, 1.82) is 0 Å². The maximum absolute atomic E-state index is 13.9. The highest BCUT2D eigenvalue weighted by Crippen LogP contribution is 2.44. The van der Waals surface area contributed by atoms with Gasteiger partial charge >= 0.3 is 5.69 Å². The second-order valence-electron chi connectivity index (χ2n) is 14.1. The third kappa shape index (κ3) is 5.93. The molecule has 1 aromatic carbocycles. The fourth-order valence-electron chi connectivity index (χ4n) is 8.14. The minimum absolute atomic E-state index is 0.111. The van der Waals surface area contributed by atoms with Gasteiger partial charge in [-0.15, -0.1) is 0 Å². The SMILES string of the molecule is CN(C[C@H]1C[C@H](c2nc(C(F)F)c(NC(=O)c3ccn4cccnc34)o2)C1)C1CCN(c2cccc3c2n(C)c(=O)n3C2CCC(=O)NC2=O)CC1. The third-order valence-corrected chi connectivity index (χ3v) is 10.9. The van der Waals surface area contributed by atoms with Gasteiger partial charge in [0.05, 0.1) is 22.3 Å². The summed E-state index contributed by atoms with van der Waals surface area (Å²) in [6.07, 6.45) is 5.84. The van der Waals surface area contributed by atoms with Gasteiger partial charge in [-0.3, -0.25) is 34.2 Å². The van der Waals surface area contributed by atoms with Gasteiger partial charge in [-0.25, -0.2) is 23.5 Å². The Labute approximate surface area is 296 Å². The minimum atomic E-state index is -2.91. The van der Waals surface area contributed by atoms with Crippen molar-refractivity contribution in [2.45, 2.75) is 63.0 Å². The lowest BCUT2D eigenvalue weighted by Crippen LogP contribution is -2.46. The number of imide groups is 1. The molecule has 2 saturated heterocycles. The van der Waals surface area contributed by atoms with Crippen molar-refractivity contribution < 1.29 is 27.6 Å². The van der Waals surface area contributed by atoms with E-state index in [1.54, 1.807) is 46.7 Å². The summed E-state index contributed by atoms with van der Waals surface area (Å²) < 4.78 is 38.4. The van der Waals surface area contributed by atoms with E-state index in [-0.39, 0.29) is 47.7 Å². The van der Waals surface area contributed by atoms with Crippen LogP contribution in [0.2, 0.25) is 0 Å². The van der Waals surface area contributed by atoms with E-state index in [0.717, 1.165) is 56.5 Å². The topological polar surface area (TPSA) is 152 Å².